The Bertz CT molecular complexity index is 588. The second kappa shape index (κ2) is 5.79. The second-order valence-electron chi connectivity index (χ2n) is 5.65. The first-order valence-corrected chi connectivity index (χ1v) is 8.07. The van der Waals surface area contributed by atoms with Crippen LogP contribution in [0.1, 0.15) is 39.7 Å². The van der Waals surface area contributed by atoms with Gasteiger partial charge >= 0.3 is 0 Å². The van der Waals surface area contributed by atoms with E-state index < -0.39 is 11.6 Å². The summed E-state index contributed by atoms with van der Waals surface area (Å²) in [6, 6.07) is 5.32. The Balaban J connectivity index is 2.54. The zero-order valence-electron chi connectivity index (χ0n) is 12.9. The quantitative estimate of drug-likeness (QED) is 0.908. The van der Waals surface area contributed by atoms with Gasteiger partial charge in [-0.15, -0.1) is 0 Å². The van der Waals surface area contributed by atoms with Crippen molar-refractivity contribution in [3.05, 3.63) is 28.2 Å². The smallest absolute Gasteiger partial charge is 0.253 e. The van der Waals surface area contributed by atoms with Crippen LogP contribution in [0.3, 0.4) is 0 Å². The van der Waals surface area contributed by atoms with Gasteiger partial charge in [0.05, 0.1) is 0 Å². The summed E-state index contributed by atoms with van der Waals surface area (Å²) < 4.78 is 0.975. The van der Waals surface area contributed by atoms with Gasteiger partial charge in [-0.3, -0.25) is 14.5 Å². The zero-order chi connectivity index (χ0) is 15.8. The molecule has 1 N–H and O–H groups in total. The number of carbonyl (C=O) groups is 2. The van der Waals surface area contributed by atoms with Gasteiger partial charge in [-0.2, -0.15) is 0 Å². The monoisotopic (exact) mass is 352 g/mol. The summed E-state index contributed by atoms with van der Waals surface area (Å²) in [6.07, 6.45) is 1.37. The van der Waals surface area contributed by atoms with Crippen LogP contribution in [0.5, 0.6) is 0 Å². The molecule has 1 aliphatic rings. The Morgan fingerprint density at radius 2 is 2.00 bits per heavy atom. The first kappa shape index (κ1) is 16.0. The largest absolute Gasteiger partial charge is 0.340 e. The summed E-state index contributed by atoms with van der Waals surface area (Å²) >= 11 is 3.46. The van der Waals surface area contributed by atoms with Gasteiger partial charge in [0, 0.05) is 10.2 Å². The fraction of sp³-hybridized carbons (Fsp3) is 0.500. The predicted octanol–water partition coefficient (Wildman–Crippen LogP) is 3.03. The molecule has 1 saturated heterocycles. The maximum atomic E-state index is 12.9. The first-order chi connectivity index (χ1) is 9.84. The van der Waals surface area contributed by atoms with Crippen LogP contribution in [0.25, 0.3) is 0 Å². The van der Waals surface area contributed by atoms with Gasteiger partial charge in [-0.1, -0.05) is 29.8 Å². The molecule has 0 aliphatic carbocycles. The van der Waals surface area contributed by atoms with Crippen LogP contribution >= 0.6 is 15.9 Å². The third-order valence-electron chi connectivity index (χ3n) is 4.25. The number of carbonyl (C=O) groups excluding carboxylic acids is 2. The molecule has 1 aromatic rings. The van der Waals surface area contributed by atoms with E-state index >= 15 is 0 Å². The van der Waals surface area contributed by atoms with Crippen LogP contribution in [-0.2, 0) is 16.0 Å². The third kappa shape index (κ3) is 2.71. The van der Waals surface area contributed by atoms with Crippen LogP contribution in [-0.4, -0.2) is 23.4 Å². The average Bonchev–Trinajstić information content (AvgIpc) is 2.46. The number of amides is 2. The van der Waals surface area contributed by atoms with E-state index in [1.54, 1.807) is 18.7 Å². The minimum Gasteiger partial charge on any atom is -0.340 e. The molecule has 0 aromatic heterocycles. The molecule has 0 saturated carbocycles. The molecule has 2 atom stereocenters. The highest BCUT2D eigenvalue weighted by atomic mass is 79.9. The summed E-state index contributed by atoms with van der Waals surface area (Å²) in [7, 11) is 0. The molecule has 1 aliphatic heterocycles. The molecule has 1 fully saturated rings. The van der Waals surface area contributed by atoms with E-state index in [4.69, 9.17) is 0 Å². The zero-order valence-corrected chi connectivity index (χ0v) is 14.5. The third-order valence-corrected chi connectivity index (χ3v) is 4.74. The standard InChI is InChI=1S/C16H21BrN2O2/c1-5-11-9-12(17)7-8-13(11)19-10(3)14(20)18-16(4,6-2)15(19)21/h7-10H,5-6H2,1-4H3,(H,18,20). The maximum Gasteiger partial charge on any atom is 0.253 e. The van der Waals surface area contributed by atoms with Gasteiger partial charge in [0.1, 0.15) is 11.6 Å². The highest BCUT2D eigenvalue weighted by Gasteiger charge is 2.46. The lowest BCUT2D eigenvalue weighted by Crippen LogP contribution is -2.68. The lowest BCUT2D eigenvalue weighted by Gasteiger charge is -2.43. The second-order valence-corrected chi connectivity index (χ2v) is 6.57. The van der Waals surface area contributed by atoms with E-state index in [1.165, 1.54) is 0 Å². The molecule has 0 spiro atoms. The van der Waals surface area contributed by atoms with Gasteiger partial charge in [0.2, 0.25) is 5.91 Å². The van der Waals surface area contributed by atoms with E-state index in [1.807, 2.05) is 32.0 Å². The van der Waals surface area contributed by atoms with E-state index in [-0.39, 0.29) is 11.8 Å². The predicted molar refractivity (Wildman–Crippen MR) is 87.3 cm³/mol. The highest BCUT2D eigenvalue weighted by molar-refractivity contribution is 9.10. The van der Waals surface area contributed by atoms with Crippen molar-refractivity contribution in [3.8, 4) is 0 Å². The fourth-order valence-corrected chi connectivity index (χ4v) is 3.03. The number of nitrogens with zero attached hydrogens (tertiary/aromatic N) is 1. The molecular weight excluding hydrogens is 332 g/mol. The van der Waals surface area contributed by atoms with Gasteiger partial charge in [0.15, 0.2) is 0 Å². The number of nitrogens with one attached hydrogen (secondary N) is 1. The molecule has 4 nitrogen and oxygen atoms in total. The number of aryl methyl sites for hydroxylation is 1. The van der Waals surface area contributed by atoms with E-state index in [0.717, 1.165) is 22.1 Å². The summed E-state index contributed by atoms with van der Waals surface area (Å²) in [6.45, 7) is 7.51. The topological polar surface area (TPSA) is 49.4 Å². The summed E-state index contributed by atoms with van der Waals surface area (Å²) in [4.78, 5) is 26.8. The Morgan fingerprint density at radius 1 is 1.33 bits per heavy atom. The highest BCUT2D eigenvalue weighted by Crippen LogP contribution is 2.31. The Hall–Kier alpha value is -1.36. The number of hydrogen-bond donors (Lipinski definition) is 1. The van der Waals surface area contributed by atoms with Crippen molar-refractivity contribution in [3.63, 3.8) is 0 Å². The van der Waals surface area contributed by atoms with Crippen LogP contribution in [0.15, 0.2) is 22.7 Å². The van der Waals surface area contributed by atoms with Crippen molar-refractivity contribution in [1.82, 2.24) is 5.32 Å². The van der Waals surface area contributed by atoms with Gasteiger partial charge in [-0.25, -0.2) is 0 Å². The molecule has 0 radical (unpaired) electrons. The van der Waals surface area contributed by atoms with Crippen LogP contribution in [0, 0.1) is 0 Å². The molecule has 2 amide bonds. The molecule has 114 valence electrons. The van der Waals surface area contributed by atoms with Crippen molar-refractivity contribution in [2.75, 3.05) is 4.90 Å². The maximum absolute atomic E-state index is 12.9. The first-order valence-electron chi connectivity index (χ1n) is 7.28. The number of piperazine rings is 1. The molecule has 5 heteroatoms. The number of halogens is 1. The van der Waals surface area contributed by atoms with Gasteiger partial charge in [0.25, 0.3) is 5.91 Å². The van der Waals surface area contributed by atoms with Gasteiger partial charge < -0.3 is 5.32 Å². The molecular formula is C16H21BrN2O2. The lowest BCUT2D eigenvalue weighted by molar-refractivity contribution is -0.137. The van der Waals surface area contributed by atoms with Crippen molar-refractivity contribution >= 4 is 33.4 Å². The van der Waals surface area contributed by atoms with Crippen LogP contribution < -0.4 is 10.2 Å². The SMILES string of the molecule is CCc1cc(Br)ccc1N1C(=O)C(C)(CC)NC(=O)C1C. The fourth-order valence-electron chi connectivity index (χ4n) is 2.62. The molecule has 21 heavy (non-hydrogen) atoms. The van der Waals surface area contributed by atoms with Crippen molar-refractivity contribution in [1.29, 1.82) is 0 Å². The van der Waals surface area contributed by atoms with Crippen LogP contribution in [0.2, 0.25) is 0 Å². The minimum absolute atomic E-state index is 0.0471. The molecule has 2 unspecified atom stereocenters. The minimum atomic E-state index is -0.832. The Labute approximate surface area is 134 Å². The van der Waals surface area contributed by atoms with E-state index in [2.05, 4.69) is 21.2 Å². The van der Waals surface area contributed by atoms with E-state index in [9.17, 15) is 9.59 Å². The average molecular weight is 353 g/mol. The normalized spacial score (nSPS) is 26.0. The number of hydrogen-bond acceptors (Lipinski definition) is 2. The summed E-state index contributed by atoms with van der Waals surface area (Å²) in [5.74, 6) is -0.155. The number of benzene rings is 1. The number of rotatable bonds is 3. The van der Waals surface area contributed by atoms with Crippen molar-refractivity contribution in [2.45, 2.75) is 52.1 Å². The Morgan fingerprint density at radius 3 is 2.57 bits per heavy atom. The number of anilines is 1. The Kier molecular flexibility index (Phi) is 4.42. The van der Waals surface area contributed by atoms with Crippen molar-refractivity contribution < 1.29 is 9.59 Å². The van der Waals surface area contributed by atoms with E-state index in [0.29, 0.717) is 6.42 Å². The lowest BCUT2D eigenvalue weighted by atomic mass is 9.91. The summed E-state index contributed by atoms with van der Waals surface area (Å²) in [5.41, 5.74) is 1.05. The summed E-state index contributed by atoms with van der Waals surface area (Å²) in [5, 5.41) is 2.85. The molecule has 2 rings (SSSR count). The molecule has 1 aromatic carbocycles. The molecule has 1 heterocycles. The van der Waals surface area contributed by atoms with Gasteiger partial charge in [-0.05, 0) is 50.5 Å². The van der Waals surface area contributed by atoms with Crippen molar-refractivity contribution in [2.24, 2.45) is 0 Å². The van der Waals surface area contributed by atoms with Crippen LogP contribution in [0.4, 0.5) is 5.69 Å². The molecule has 0 bridgehead atoms.